The molecule has 1 atom stereocenters. The van der Waals surface area contributed by atoms with Gasteiger partial charge < -0.3 is 10.0 Å². The van der Waals surface area contributed by atoms with Gasteiger partial charge in [-0.2, -0.15) is 12.6 Å². The Bertz CT molecular complexity index is 279. The zero-order chi connectivity index (χ0) is 10.7. The molecule has 1 N–H and O–H groups in total. The van der Waals surface area contributed by atoms with Gasteiger partial charge in [-0.1, -0.05) is 0 Å². The van der Waals surface area contributed by atoms with Crippen LogP contribution in [0.4, 0.5) is 0 Å². The largest absolute Gasteiger partial charge is 0.480 e. The summed E-state index contributed by atoms with van der Waals surface area (Å²) in [4.78, 5) is 34.2. The van der Waals surface area contributed by atoms with Crippen LogP contribution in [0.5, 0.6) is 0 Å². The van der Waals surface area contributed by atoms with Gasteiger partial charge in [-0.25, -0.2) is 4.79 Å². The number of rotatable bonds is 3. The molecule has 1 saturated heterocycles. The molecule has 6 heteroatoms. The van der Waals surface area contributed by atoms with Crippen LogP contribution in [0, 0.1) is 0 Å². The van der Waals surface area contributed by atoms with Crippen molar-refractivity contribution >= 4 is 30.3 Å². The van der Waals surface area contributed by atoms with Gasteiger partial charge in [0.25, 0.3) is 0 Å². The van der Waals surface area contributed by atoms with Crippen LogP contribution in [-0.4, -0.2) is 46.0 Å². The van der Waals surface area contributed by atoms with E-state index in [1.807, 2.05) is 0 Å². The van der Waals surface area contributed by atoms with Gasteiger partial charge in [-0.15, -0.1) is 0 Å². The van der Waals surface area contributed by atoms with Crippen molar-refractivity contribution in [1.29, 1.82) is 0 Å². The molecule has 1 aliphatic rings. The third-order valence-corrected chi connectivity index (χ3v) is 2.30. The van der Waals surface area contributed by atoms with E-state index in [1.165, 1.54) is 0 Å². The first-order valence-corrected chi connectivity index (χ1v) is 4.84. The summed E-state index contributed by atoms with van der Waals surface area (Å²) in [6, 6.07) is -0.977. The Morgan fingerprint density at radius 2 is 2.21 bits per heavy atom. The highest BCUT2D eigenvalue weighted by atomic mass is 32.1. The standard InChI is InChI=1S/C8H11NO4S/c10-5-3-6(8(12)13)9(4-5)7(11)1-2-14/h6,14H,1-4H2,(H,12,13)/t6-/m0/s1. The second-order valence-corrected chi connectivity index (χ2v) is 3.54. The highest BCUT2D eigenvalue weighted by Crippen LogP contribution is 2.15. The number of nitrogens with zero attached hydrogens (tertiary/aromatic N) is 1. The number of carboxylic acids is 1. The molecule has 0 aromatic rings. The summed E-state index contributed by atoms with van der Waals surface area (Å²) in [6.45, 7) is -0.0798. The predicted molar refractivity (Wildman–Crippen MR) is 51.2 cm³/mol. The van der Waals surface area contributed by atoms with Crippen molar-refractivity contribution in [3.63, 3.8) is 0 Å². The summed E-state index contributed by atoms with van der Waals surface area (Å²) < 4.78 is 0. The minimum Gasteiger partial charge on any atom is -0.480 e. The second-order valence-electron chi connectivity index (χ2n) is 3.09. The molecule has 0 unspecified atom stereocenters. The van der Waals surface area contributed by atoms with Crippen molar-refractivity contribution in [2.45, 2.75) is 18.9 Å². The molecule has 78 valence electrons. The predicted octanol–water partition coefficient (Wildman–Crippen LogP) is -0.439. The third kappa shape index (κ3) is 2.25. The molecule has 0 aromatic heterocycles. The minimum atomic E-state index is -1.12. The topological polar surface area (TPSA) is 74.7 Å². The van der Waals surface area contributed by atoms with Gasteiger partial charge >= 0.3 is 5.97 Å². The lowest BCUT2D eigenvalue weighted by Crippen LogP contribution is -2.40. The van der Waals surface area contributed by atoms with Gasteiger partial charge in [0.1, 0.15) is 6.04 Å². The van der Waals surface area contributed by atoms with E-state index in [1.54, 1.807) is 0 Å². The van der Waals surface area contributed by atoms with Crippen LogP contribution in [0.2, 0.25) is 0 Å². The molecular weight excluding hydrogens is 206 g/mol. The zero-order valence-electron chi connectivity index (χ0n) is 7.47. The third-order valence-electron chi connectivity index (χ3n) is 2.08. The molecule has 0 radical (unpaired) electrons. The number of amides is 1. The fourth-order valence-corrected chi connectivity index (χ4v) is 1.60. The smallest absolute Gasteiger partial charge is 0.326 e. The van der Waals surface area contributed by atoms with Crippen molar-refractivity contribution in [1.82, 2.24) is 4.90 Å². The maximum Gasteiger partial charge on any atom is 0.326 e. The highest BCUT2D eigenvalue weighted by molar-refractivity contribution is 7.80. The van der Waals surface area contributed by atoms with Crippen LogP contribution in [0.15, 0.2) is 0 Å². The van der Waals surface area contributed by atoms with Gasteiger partial charge in [-0.05, 0) is 5.75 Å². The Balaban J connectivity index is 2.71. The molecule has 0 spiro atoms. The van der Waals surface area contributed by atoms with Gasteiger partial charge in [0.05, 0.1) is 6.54 Å². The van der Waals surface area contributed by atoms with E-state index >= 15 is 0 Å². The van der Waals surface area contributed by atoms with Crippen LogP contribution in [0.3, 0.4) is 0 Å². The summed E-state index contributed by atoms with van der Waals surface area (Å²) >= 11 is 3.88. The van der Waals surface area contributed by atoms with Crippen molar-refractivity contribution in [2.24, 2.45) is 0 Å². The number of ketones is 1. The van der Waals surface area contributed by atoms with E-state index in [0.717, 1.165) is 4.90 Å². The van der Waals surface area contributed by atoms with Crippen molar-refractivity contribution in [3.8, 4) is 0 Å². The molecular formula is C8H11NO4S. The maximum absolute atomic E-state index is 11.4. The normalized spacial score (nSPS) is 21.4. The molecule has 1 aliphatic heterocycles. The highest BCUT2D eigenvalue weighted by Gasteiger charge is 2.38. The number of thiol groups is 1. The lowest BCUT2D eigenvalue weighted by molar-refractivity contribution is -0.148. The zero-order valence-corrected chi connectivity index (χ0v) is 8.37. The Hall–Kier alpha value is -1.04. The van der Waals surface area contributed by atoms with E-state index in [9.17, 15) is 14.4 Å². The number of carbonyl (C=O) groups is 3. The second kappa shape index (κ2) is 4.45. The number of aliphatic carboxylic acids is 1. The molecule has 14 heavy (non-hydrogen) atoms. The molecule has 1 rings (SSSR count). The fraction of sp³-hybridized carbons (Fsp3) is 0.625. The number of likely N-dealkylation sites (tertiary alicyclic amines) is 1. The molecule has 1 heterocycles. The Labute approximate surface area is 86.5 Å². The van der Waals surface area contributed by atoms with Crippen molar-refractivity contribution in [2.75, 3.05) is 12.3 Å². The average Bonchev–Trinajstić information content (AvgIpc) is 2.48. The Morgan fingerprint density at radius 3 is 2.71 bits per heavy atom. The van der Waals surface area contributed by atoms with E-state index in [0.29, 0.717) is 5.75 Å². The molecule has 1 amide bonds. The summed E-state index contributed by atoms with van der Waals surface area (Å²) in [6.07, 6.45) is 0.0911. The number of carbonyl (C=O) groups excluding carboxylic acids is 2. The van der Waals surface area contributed by atoms with Crippen LogP contribution >= 0.6 is 12.6 Å². The van der Waals surface area contributed by atoms with Gasteiger partial charge in [0, 0.05) is 12.8 Å². The van der Waals surface area contributed by atoms with Crippen LogP contribution in [0.1, 0.15) is 12.8 Å². The number of Topliss-reactive ketones (excluding diaryl/α,β-unsaturated/α-hetero) is 1. The van der Waals surface area contributed by atoms with E-state index in [-0.39, 0.29) is 31.1 Å². The van der Waals surface area contributed by atoms with Gasteiger partial charge in [0.2, 0.25) is 5.91 Å². The fourth-order valence-electron chi connectivity index (χ4n) is 1.41. The van der Waals surface area contributed by atoms with E-state index in [4.69, 9.17) is 5.11 Å². The lowest BCUT2D eigenvalue weighted by atomic mass is 10.2. The molecule has 0 aliphatic carbocycles. The molecule has 5 nitrogen and oxygen atoms in total. The number of carboxylic acid groups (broad SMARTS) is 1. The first-order chi connectivity index (χ1) is 6.56. The first-order valence-electron chi connectivity index (χ1n) is 4.21. The monoisotopic (exact) mass is 217 g/mol. The van der Waals surface area contributed by atoms with E-state index in [2.05, 4.69) is 12.6 Å². The number of hydrogen-bond donors (Lipinski definition) is 2. The minimum absolute atomic E-state index is 0.0757. The van der Waals surface area contributed by atoms with Crippen LogP contribution < -0.4 is 0 Å². The molecule has 0 bridgehead atoms. The quantitative estimate of drug-likeness (QED) is 0.628. The average molecular weight is 217 g/mol. The Morgan fingerprint density at radius 1 is 1.57 bits per heavy atom. The van der Waals surface area contributed by atoms with Crippen molar-refractivity contribution in [3.05, 3.63) is 0 Å². The van der Waals surface area contributed by atoms with E-state index < -0.39 is 12.0 Å². The lowest BCUT2D eigenvalue weighted by Gasteiger charge is -2.19. The van der Waals surface area contributed by atoms with Gasteiger partial charge in [0.15, 0.2) is 5.78 Å². The van der Waals surface area contributed by atoms with Gasteiger partial charge in [-0.3, -0.25) is 9.59 Å². The molecule has 0 aromatic carbocycles. The molecule has 0 saturated carbocycles. The summed E-state index contributed by atoms with van der Waals surface area (Å²) in [5.41, 5.74) is 0. The summed E-state index contributed by atoms with van der Waals surface area (Å²) in [5.74, 6) is -1.29. The molecule has 1 fully saturated rings. The Kier molecular flexibility index (Phi) is 3.51. The van der Waals surface area contributed by atoms with Crippen LogP contribution in [0.25, 0.3) is 0 Å². The SMILES string of the molecule is O=C1C[C@@H](C(=O)O)N(C(=O)CCS)C1. The summed E-state index contributed by atoms with van der Waals surface area (Å²) in [7, 11) is 0. The first kappa shape index (κ1) is 11.0. The van der Waals surface area contributed by atoms with Crippen LogP contribution in [-0.2, 0) is 14.4 Å². The van der Waals surface area contributed by atoms with Crippen molar-refractivity contribution < 1.29 is 19.5 Å². The maximum atomic E-state index is 11.4. The number of hydrogen-bond acceptors (Lipinski definition) is 4. The summed E-state index contributed by atoms with van der Waals surface area (Å²) in [5, 5.41) is 8.75.